The predicted octanol–water partition coefficient (Wildman–Crippen LogP) is 4.68. The molecule has 2 aromatic carbocycles. The molecule has 43 heavy (non-hydrogen) atoms. The van der Waals surface area contributed by atoms with Crippen LogP contribution >= 0.6 is 0 Å². The number of nitrogens with zero attached hydrogens (tertiary/aromatic N) is 6. The van der Waals surface area contributed by atoms with Crippen LogP contribution in [0.3, 0.4) is 0 Å². The minimum atomic E-state index is -4.56. The first-order chi connectivity index (χ1) is 20.5. The molecule has 2 aliphatic heterocycles. The van der Waals surface area contributed by atoms with Crippen molar-refractivity contribution >= 4 is 35.1 Å². The number of anilines is 4. The number of carbonyl (C=O) groups excluding carboxylic acids is 2. The minimum absolute atomic E-state index is 0.124. The number of halogens is 3. The molecule has 3 aromatic rings. The van der Waals surface area contributed by atoms with Gasteiger partial charge in [0.15, 0.2) is 0 Å². The maximum Gasteiger partial charge on any atom is 0.416 e. The quantitative estimate of drug-likeness (QED) is 0.365. The SMILES string of the molecule is Cc1ccc(NC(=O)c2cccc(C(F)(F)F)c2)cc1N1Cc2cnc(NCCCN3CCN(C)CC3)nc2N(C)C1=O. The van der Waals surface area contributed by atoms with Crippen LogP contribution in [0.4, 0.5) is 41.1 Å². The molecule has 0 unspecified atom stereocenters. The van der Waals surface area contributed by atoms with Gasteiger partial charge in [0.05, 0.1) is 17.8 Å². The Balaban J connectivity index is 1.25. The molecule has 2 N–H and O–H groups in total. The number of hydrogen-bond acceptors (Lipinski definition) is 7. The average Bonchev–Trinajstić information content (AvgIpc) is 2.99. The third-order valence-electron chi connectivity index (χ3n) is 7.75. The molecule has 0 aliphatic carbocycles. The van der Waals surface area contributed by atoms with Crippen molar-refractivity contribution in [3.8, 4) is 0 Å². The molecule has 2 aliphatic rings. The Morgan fingerprint density at radius 3 is 2.56 bits per heavy atom. The summed E-state index contributed by atoms with van der Waals surface area (Å²) in [5, 5.41) is 5.92. The van der Waals surface area contributed by atoms with Crippen molar-refractivity contribution in [2.45, 2.75) is 26.1 Å². The molecule has 1 saturated heterocycles. The van der Waals surface area contributed by atoms with E-state index in [2.05, 4.69) is 37.4 Å². The van der Waals surface area contributed by atoms with E-state index in [0.717, 1.165) is 62.4 Å². The maximum atomic E-state index is 13.5. The molecule has 228 valence electrons. The van der Waals surface area contributed by atoms with Crippen LogP contribution in [0.5, 0.6) is 0 Å². The highest BCUT2D eigenvalue weighted by atomic mass is 19.4. The summed E-state index contributed by atoms with van der Waals surface area (Å²) >= 11 is 0. The Labute approximate surface area is 248 Å². The predicted molar refractivity (Wildman–Crippen MR) is 160 cm³/mol. The van der Waals surface area contributed by atoms with E-state index in [-0.39, 0.29) is 18.1 Å². The highest BCUT2D eigenvalue weighted by Gasteiger charge is 2.32. The summed E-state index contributed by atoms with van der Waals surface area (Å²) in [5.41, 5.74) is 1.40. The number of amides is 3. The smallest absolute Gasteiger partial charge is 0.354 e. The summed E-state index contributed by atoms with van der Waals surface area (Å²) in [6.07, 6.45) is -1.91. The van der Waals surface area contributed by atoms with Gasteiger partial charge in [0.25, 0.3) is 5.91 Å². The second-order valence-electron chi connectivity index (χ2n) is 10.9. The van der Waals surface area contributed by atoms with Crippen LogP contribution in [-0.4, -0.2) is 85.1 Å². The zero-order chi connectivity index (χ0) is 30.7. The maximum absolute atomic E-state index is 13.5. The number of aromatic nitrogens is 2. The number of rotatable bonds is 8. The van der Waals surface area contributed by atoms with Crippen molar-refractivity contribution in [2.24, 2.45) is 0 Å². The second kappa shape index (κ2) is 12.6. The van der Waals surface area contributed by atoms with E-state index in [1.807, 2.05) is 6.92 Å². The molecule has 0 radical (unpaired) electrons. The van der Waals surface area contributed by atoms with Crippen LogP contribution in [0, 0.1) is 6.92 Å². The first-order valence-electron chi connectivity index (χ1n) is 14.1. The molecular formula is C30H35F3N8O2. The number of alkyl halides is 3. The lowest BCUT2D eigenvalue weighted by atomic mass is 10.1. The molecule has 0 saturated carbocycles. The van der Waals surface area contributed by atoms with Gasteiger partial charge in [-0.3, -0.25) is 14.6 Å². The van der Waals surface area contributed by atoms with Crippen molar-refractivity contribution in [2.75, 3.05) is 73.8 Å². The zero-order valence-electron chi connectivity index (χ0n) is 24.4. The van der Waals surface area contributed by atoms with Gasteiger partial charge in [-0.1, -0.05) is 12.1 Å². The van der Waals surface area contributed by atoms with Crippen LogP contribution in [0.25, 0.3) is 0 Å². The lowest BCUT2D eigenvalue weighted by molar-refractivity contribution is -0.137. The molecule has 13 heteroatoms. The number of hydrogen-bond donors (Lipinski definition) is 2. The Bertz CT molecular complexity index is 1490. The largest absolute Gasteiger partial charge is 0.416 e. The van der Waals surface area contributed by atoms with Crippen LogP contribution < -0.4 is 20.4 Å². The molecule has 3 heterocycles. The fraction of sp³-hybridized carbons (Fsp3) is 0.400. The second-order valence-corrected chi connectivity index (χ2v) is 10.9. The molecule has 1 fully saturated rings. The molecule has 0 atom stereocenters. The van der Waals surface area contributed by atoms with Crippen LogP contribution in [-0.2, 0) is 12.7 Å². The summed E-state index contributed by atoms with van der Waals surface area (Å²) in [6, 6.07) is 8.93. The lowest BCUT2D eigenvalue weighted by Gasteiger charge is -2.35. The number of carbonyl (C=O) groups is 2. The van der Waals surface area contributed by atoms with Gasteiger partial charge in [-0.2, -0.15) is 18.2 Å². The van der Waals surface area contributed by atoms with E-state index >= 15 is 0 Å². The lowest BCUT2D eigenvalue weighted by Crippen LogP contribution is -2.46. The number of benzene rings is 2. The summed E-state index contributed by atoms with van der Waals surface area (Å²) in [7, 11) is 3.78. The molecule has 0 bridgehead atoms. The number of fused-ring (bicyclic) bond motifs is 1. The molecule has 10 nitrogen and oxygen atoms in total. The van der Waals surface area contributed by atoms with Gasteiger partial charge in [-0.05, 0) is 62.8 Å². The van der Waals surface area contributed by atoms with Crippen LogP contribution in [0.15, 0.2) is 48.7 Å². The van der Waals surface area contributed by atoms with Gasteiger partial charge in [-0.15, -0.1) is 0 Å². The first kappa shape index (κ1) is 30.2. The Morgan fingerprint density at radius 2 is 1.81 bits per heavy atom. The molecule has 1 aromatic heterocycles. The summed E-state index contributed by atoms with van der Waals surface area (Å²) < 4.78 is 39.3. The summed E-state index contributed by atoms with van der Waals surface area (Å²) in [5.74, 6) is 0.287. The fourth-order valence-electron chi connectivity index (χ4n) is 5.18. The third kappa shape index (κ3) is 7.05. The summed E-state index contributed by atoms with van der Waals surface area (Å²) in [6.45, 7) is 8.06. The van der Waals surface area contributed by atoms with Gasteiger partial charge in [-0.25, -0.2) is 9.78 Å². The highest BCUT2D eigenvalue weighted by Crippen LogP contribution is 2.34. The van der Waals surface area contributed by atoms with Crippen LogP contribution in [0.1, 0.15) is 33.5 Å². The van der Waals surface area contributed by atoms with Gasteiger partial charge in [0.1, 0.15) is 5.82 Å². The van der Waals surface area contributed by atoms with Gasteiger partial charge in [0.2, 0.25) is 5.95 Å². The van der Waals surface area contributed by atoms with Gasteiger partial charge in [0, 0.05) is 62.8 Å². The van der Waals surface area contributed by atoms with E-state index in [0.29, 0.717) is 29.7 Å². The van der Waals surface area contributed by atoms with E-state index < -0.39 is 17.6 Å². The standard InChI is InChI=1S/C30H35F3N8O2/c1-20-8-9-24(36-27(42)21-6-4-7-23(16-21)30(31,32)33)17-25(20)41-19-22-18-35-28(37-26(22)39(3)29(41)43)34-10-5-11-40-14-12-38(2)13-15-40/h4,6-9,16-18H,5,10-15,19H2,1-3H3,(H,36,42)(H,34,35,37). The van der Waals surface area contributed by atoms with Crippen molar-refractivity contribution < 1.29 is 22.8 Å². The number of urea groups is 1. The third-order valence-corrected chi connectivity index (χ3v) is 7.75. The van der Waals surface area contributed by atoms with Gasteiger partial charge >= 0.3 is 12.2 Å². The van der Waals surface area contributed by atoms with E-state index in [1.54, 1.807) is 36.3 Å². The fourth-order valence-corrected chi connectivity index (χ4v) is 5.18. The molecular weight excluding hydrogens is 561 g/mol. The van der Waals surface area contributed by atoms with E-state index in [1.165, 1.54) is 17.0 Å². The number of aryl methyl sites for hydroxylation is 1. The normalized spacial score (nSPS) is 16.3. The van der Waals surface area contributed by atoms with Gasteiger partial charge < -0.3 is 20.4 Å². The Kier molecular flexibility index (Phi) is 8.83. The average molecular weight is 597 g/mol. The Hall–Kier alpha value is -4.23. The first-order valence-corrected chi connectivity index (χ1v) is 14.1. The van der Waals surface area contributed by atoms with Crippen molar-refractivity contribution in [3.05, 3.63) is 70.9 Å². The molecule has 0 spiro atoms. The topological polar surface area (TPSA) is 96.9 Å². The Morgan fingerprint density at radius 1 is 1.05 bits per heavy atom. The zero-order valence-corrected chi connectivity index (χ0v) is 24.4. The number of piperazine rings is 1. The monoisotopic (exact) mass is 596 g/mol. The summed E-state index contributed by atoms with van der Waals surface area (Å²) in [4.78, 5) is 43.1. The number of likely N-dealkylation sites (N-methyl/N-ethyl adjacent to an activating group) is 1. The van der Waals surface area contributed by atoms with Crippen molar-refractivity contribution in [1.29, 1.82) is 0 Å². The van der Waals surface area contributed by atoms with Crippen LogP contribution in [0.2, 0.25) is 0 Å². The minimum Gasteiger partial charge on any atom is -0.354 e. The number of nitrogens with one attached hydrogen (secondary N) is 2. The van der Waals surface area contributed by atoms with Crippen molar-refractivity contribution in [3.63, 3.8) is 0 Å². The highest BCUT2D eigenvalue weighted by molar-refractivity contribution is 6.07. The molecule has 3 amide bonds. The van der Waals surface area contributed by atoms with E-state index in [4.69, 9.17) is 0 Å². The van der Waals surface area contributed by atoms with Crippen molar-refractivity contribution in [1.82, 2.24) is 19.8 Å². The van der Waals surface area contributed by atoms with E-state index in [9.17, 15) is 22.8 Å². The molecule has 5 rings (SSSR count).